The Kier molecular flexibility index (Phi) is 12.2. The maximum absolute atomic E-state index is 5.55. The first-order valence-corrected chi connectivity index (χ1v) is 6.74. The summed E-state index contributed by atoms with van der Waals surface area (Å²) in [6.45, 7) is 10.8. The molecule has 4 heteroatoms. The van der Waals surface area contributed by atoms with Gasteiger partial charge >= 0.3 is 0 Å². The van der Waals surface area contributed by atoms with Crippen LogP contribution in [0.1, 0.15) is 33.6 Å². The van der Waals surface area contributed by atoms with Crippen LogP contribution in [-0.2, 0) is 9.47 Å². The average molecular weight is 246 g/mol. The monoisotopic (exact) mass is 246 g/mol. The quantitative estimate of drug-likeness (QED) is 0.511. The minimum absolute atomic E-state index is 0.415. The highest BCUT2D eigenvalue weighted by Crippen LogP contribution is 1.90. The number of unbranched alkanes of at least 4 members (excludes halogenated alkanes) is 1. The van der Waals surface area contributed by atoms with Gasteiger partial charge in [-0.1, -0.05) is 13.3 Å². The third kappa shape index (κ3) is 12.1. The van der Waals surface area contributed by atoms with Crippen molar-refractivity contribution in [3.63, 3.8) is 0 Å². The van der Waals surface area contributed by atoms with Crippen molar-refractivity contribution in [2.75, 3.05) is 40.0 Å². The highest BCUT2D eigenvalue weighted by molar-refractivity contribution is 4.63. The molecule has 0 fully saturated rings. The summed E-state index contributed by atoms with van der Waals surface area (Å²) in [5, 5.41) is 6.82. The third-order valence-electron chi connectivity index (χ3n) is 2.54. The van der Waals surface area contributed by atoms with E-state index in [0.29, 0.717) is 12.1 Å². The van der Waals surface area contributed by atoms with Gasteiger partial charge in [0.2, 0.25) is 0 Å². The van der Waals surface area contributed by atoms with Gasteiger partial charge in [-0.2, -0.15) is 0 Å². The fraction of sp³-hybridized carbons (Fsp3) is 1.00. The number of nitrogens with one attached hydrogen (secondary N) is 2. The van der Waals surface area contributed by atoms with E-state index in [9.17, 15) is 0 Å². The minimum atomic E-state index is 0.415. The van der Waals surface area contributed by atoms with Crippen LogP contribution in [0.4, 0.5) is 0 Å². The Hall–Kier alpha value is -0.160. The van der Waals surface area contributed by atoms with Gasteiger partial charge in [-0.05, 0) is 20.3 Å². The van der Waals surface area contributed by atoms with E-state index in [-0.39, 0.29) is 0 Å². The molecule has 0 aromatic carbocycles. The van der Waals surface area contributed by atoms with Crippen LogP contribution < -0.4 is 10.6 Å². The van der Waals surface area contributed by atoms with Gasteiger partial charge in [-0.25, -0.2) is 0 Å². The van der Waals surface area contributed by atoms with Gasteiger partial charge in [0.15, 0.2) is 0 Å². The van der Waals surface area contributed by atoms with E-state index < -0.39 is 0 Å². The molecule has 0 amide bonds. The molecule has 104 valence electrons. The average Bonchev–Trinajstić information content (AvgIpc) is 2.31. The van der Waals surface area contributed by atoms with E-state index in [1.165, 1.54) is 6.42 Å². The SMILES string of the molecule is CCCCOCC(C)NCCNC(C)COC. The van der Waals surface area contributed by atoms with Crippen molar-refractivity contribution in [1.29, 1.82) is 0 Å². The molecular formula is C13H30N2O2. The molecule has 2 atom stereocenters. The molecule has 0 aliphatic carbocycles. The maximum Gasteiger partial charge on any atom is 0.0616 e. The summed E-state index contributed by atoms with van der Waals surface area (Å²) < 4.78 is 10.6. The van der Waals surface area contributed by atoms with E-state index in [1.54, 1.807) is 7.11 Å². The van der Waals surface area contributed by atoms with Gasteiger partial charge in [-0.3, -0.25) is 0 Å². The summed E-state index contributed by atoms with van der Waals surface area (Å²) in [6, 6.07) is 0.837. The van der Waals surface area contributed by atoms with E-state index in [4.69, 9.17) is 9.47 Å². The van der Waals surface area contributed by atoms with Crippen molar-refractivity contribution in [1.82, 2.24) is 10.6 Å². The van der Waals surface area contributed by atoms with Crippen molar-refractivity contribution in [2.24, 2.45) is 0 Å². The molecule has 17 heavy (non-hydrogen) atoms. The first-order chi connectivity index (χ1) is 8.20. The second kappa shape index (κ2) is 12.3. The van der Waals surface area contributed by atoms with Crippen molar-refractivity contribution in [3.05, 3.63) is 0 Å². The lowest BCUT2D eigenvalue weighted by molar-refractivity contribution is 0.113. The Bertz CT molecular complexity index is 156. The number of rotatable bonds is 12. The lowest BCUT2D eigenvalue weighted by Crippen LogP contribution is -2.39. The highest BCUT2D eigenvalue weighted by atomic mass is 16.5. The van der Waals surface area contributed by atoms with Crippen LogP contribution in [-0.4, -0.2) is 52.1 Å². The van der Waals surface area contributed by atoms with Crippen LogP contribution in [0.25, 0.3) is 0 Å². The van der Waals surface area contributed by atoms with Gasteiger partial charge in [0.25, 0.3) is 0 Å². The molecular weight excluding hydrogens is 216 g/mol. The lowest BCUT2D eigenvalue weighted by Gasteiger charge is -2.16. The van der Waals surface area contributed by atoms with Gasteiger partial charge in [0.1, 0.15) is 0 Å². The Morgan fingerprint density at radius 2 is 1.59 bits per heavy atom. The molecule has 4 nitrogen and oxygen atoms in total. The summed E-state index contributed by atoms with van der Waals surface area (Å²) >= 11 is 0. The Balaban J connectivity index is 3.23. The van der Waals surface area contributed by atoms with Crippen molar-refractivity contribution >= 4 is 0 Å². The van der Waals surface area contributed by atoms with Crippen molar-refractivity contribution in [3.8, 4) is 0 Å². The van der Waals surface area contributed by atoms with Crippen molar-refractivity contribution < 1.29 is 9.47 Å². The summed E-state index contributed by atoms with van der Waals surface area (Å²) in [7, 11) is 1.73. The van der Waals surface area contributed by atoms with E-state index in [2.05, 4.69) is 31.4 Å². The predicted octanol–water partition coefficient (Wildman–Crippen LogP) is 1.41. The smallest absolute Gasteiger partial charge is 0.0616 e. The Morgan fingerprint density at radius 3 is 2.12 bits per heavy atom. The molecule has 0 aromatic rings. The first kappa shape index (κ1) is 16.8. The number of hydrogen-bond donors (Lipinski definition) is 2. The van der Waals surface area contributed by atoms with E-state index in [1.807, 2.05) is 0 Å². The molecule has 0 aliphatic rings. The van der Waals surface area contributed by atoms with Gasteiger partial charge in [0, 0.05) is 38.9 Å². The van der Waals surface area contributed by atoms with Crippen LogP contribution in [0.15, 0.2) is 0 Å². The molecule has 0 aliphatic heterocycles. The second-order valence-electron chi connectivity index (χ2n) is 4.59. The van der Waals surface area contributed by atoms with Crippen LogP contribution >= 0.6 is 0 Å². The highest BCUT2D eigenvalue weighted by Gasteiger charge is 2.02. The fourth-order valence-corrected chi connectivity index (χ4v) is 1.51. The minimum Gasteiger partial charge on any atom is -0.383 e. The largest absolute Gasteiger partial charge is 0.383 e. The Morgan fingerprint density at radius 1 is 1.00 bits per heavy atom. The summed E-state index contributed by atoms with van der Waals surface area (Å²) in [5.74, 6) is 0. The topological polar surface area (TPSA) is 42.5 Å². The van der Waals surface area contributed by atoms with E-state index >= 15 is 0 Å². The maximum atomic E-state index is 5.55. The molecule has 0 rings (SSSR count). The predicted molar refractivity (Wildman–Crippen MR) is 72.5 cm³/mol. The Labute approximate surface area is 106 Å². The standard InChI is InChI=1S/C13H30N2O2/c1-5-6-9-17-11-13(3)15-8-7-14-12(2)10-16-4/h12-15H,5-11H2,1-4H3. The zero-order valence-corrected chi connectivity index (χ0v) is 11.9. The molecule has 2 unspecified atom stereocenters. The van der Waals surface area contributed by atoms with Crippen LogP contribution in [0.5, 0.6) is 0 Å². The van der Waals surface area contributed by atoms with Gasteiger partial charge in [0.05, 0.1) is 13.2 Å². The summed E-state index contributed by atoms with van der Waals surface area (Å²) in [5.41, 5.74) is 0. The summed E-state index contributed by atoms with van der Waals surface area (Å²) in [6.07, 6.45) is 2.35. The number of ether oxygens (including phenoxy) is 2. The third-order valence-corrected chi connectivity index (χ3v) is 2.54. The van der Waals surface area contributed by atoms with Gasteiger partial charge in [-0.15, -0.1) is 0 Å². The van der Waals surface area contributed by atoms with Gasteiger partial charge < -0.3 is 20.1 Å². The van der Waals surface area contributed by atoms with Crippen molar-refractivity contribution in [2.45, 2.75) is 45.7 Å². The zero-order chi connectivity index (χ0) is 12.9. The van der Waals surface area contributed by atoms with Crippen LogP contribution in [0, 0.1) is 0 Å². The summed E-state index contributed by atoms with van der Waals surface area (Å²) in [4.78, 5) is 0. The molecule has 0 saturated carbocycles. The lowest BCUT2D eigenvalue weighted by atomic mass is 10.3. The molecule has 0 radical (unpaired) electrons. The molecule has 2 N–H and O–H groups in total. The molecule has 0 bridgehead atoms. The fourth-order valence-electron chi connectivity index (χ4n) is 1.51. The molecule has 0 heterocycles. The second-order valence-corrected chi connectivity index (χ2v) is 4.59. The van der Waals surface area contributed by atoms with Crippen LogP contribution in [0.3, 0.4) is 0 Å². The number of methoxy groups -OCH3 is 1. The zero-order valence-electron chi connectivity index (χ0n) is 11.9. The van der Waals surface area contributed by atoms with Crippen LogP contribution in [0.2, 0.25) is 0 Å². The first-order valence-electron chi connectivity index (χ1n) is 6.74. The molecule has 0 spiro atoms. The molecule has 0 aromatic heterocycles. The number of hydrogen-bond acceptors (Lipinski definition) is 4. The molecule has 0 saturated heterocycles. The normalized spacial score (nSPS) is 14.8. The van der Waals surface area contributed by atoms with E-state index in [0.717, 1.165) is 39.3 Å².